The van der Waals surface area contributed by atoms with Crippen LogP contribution < -0.4 is 0 Å². The van der Waals surface area contributed by atoms with Gasteiger partial charge in [0.2, 0.25) is 0 Å². The molecule has 1 aromatic carbocycles. The average Bonchev–Trinajstić information content (AvgIpc) is 3.24. The van der Waals surface area contributed by atoms with E-state index in [-0.39, 0.29) is 5.75 Å². The molecule has 0 amide bonds. The fraction of sp³-hybridized carbons (Fsp3) is 0.500. The van der Waals surface area contributed by atoms with Crippen molar-refractivity contribution in [2.24, 2.45) is 11.8 Å². The maximum Gasteiger partial charge on any atom is 0.165 e. The Hall–Kier alpha value is -1.43. The molecule has 0 radical (unpaired) electrons. The number of likely N-dealkylation sites (tertiary alicyclic amines) is 1. The summed E-state index contributed by atoms with van der Waals surface area (Å²) in [7, 11) is 0. The van der Waals surface area contributed by atoms with Crippen LogP contribution in [0.3, 0.4) is 0 Å². The van der Waals surface area contributed by atoms with Crippen LogP contribution in [0.2, 0.25) is 0 Å². The standard InChI is InChI=1S/C20H24FNO2S/c21-18-8-14(3-4-19(18)23)5-6-22-12-15-9-20(24,10-16(15)13-22)11-17-2-1-7-25-17/h1-4,7-8,15-16,23-24H,5-6,9-13H2. The van der Waals surface area contributed by atoms with Gasteiger partial charge in [0.05, 0.1) is 5.60 Å². The Labute approximate surface area is 151 Å². The van der Waals surface area contributed by atoms with Crippen LogP contribution in [0.1, 0.15) is 23.3 Å². The van der Waals surface area contributed by atoms with Crippen molar-refractivity contribution in [3.8, 4) is 5.75 Å². The van der Waals surface area contributed by atoms with Crippen molar-refractivity contribution in [3.05, 3.63) is 52.0 Å². The monoisotopic (exact) mass is 361 g/mol. The number of halogens is 1. The Morgan fingerprint density at radius 1 is 1.20 bits per heavy atom. The van der Waals surface area contributed by atoms with E-state index in [2.05, 4.69) is 16.3 Å². The molecule has 134 valence electrons. The van der Waals surface area contributed by atoms with E-state index in [1.165, 1.54) is 17.0 Å². The number of nitrogens with zero attached hydrogens (tertiary/aromatic N) is 1. The molecule has 2 aromatic rings. The van der Waals surface area contributed by atoms with Gasteiger partial charge in [-0.25, -0.2) is 4.39 Å². The van der Waals surface area contributed by atoms with Gasteiger partial charge in [0.25, 0.3) is 0 Å². The lowest BCUT2D eigenvalue weighted by atomic mass is 9.95. The number of hydrogen-bond donors (Lipinski definition) is 2. The molecule has 1 saturated carbocycles. The zero-order valence-corrected chi connectivity index (χ0v) is 15.0. The molecule has 25 heavy (non-hydrogen) atoms. The molecule has 1 aromatic heterocycles. The zero-order valence-electron chi connectivity index (χ0n) is 14.2. The Bertz CT molecular complexity index is 719. The molecule has 2 atom stereocenters. The number of phenols is 1. The highest BCUT2D eigenvalue weighted by atomic mass is 32.1. The first-order valence-corrected chi connectivity index (χ1v) is 9.83. The highest BCUT2D eigenvalue weighted by Crippen LogP contribution is 2.45. The van der Waals surface area contributed by atoms with Crippen molar-refractivity contribution in [2.45, 2.75) is 31.3 Å². The van der Waals surface area contributed by atoms with E-state index >= 15 is 0 Å². The summed E-state index contributed by atoms with van der Waals surface area (Å²) >= 11 is 1.73. The van der Waals surface area contributed by atoms with Crippen LogP contribution >= 0.6 is 11.3 Å². The smallest absolute Gasteiger partial charge is 0.165 e. The van der Waals surface area contributed by atoms with Crippen molar-refractivity contribution in [1.82, 2.24) is 4.90 Å². The number of rotatable bonds is 5. The predicted molar refractivity (Wildman–Crippen MR) is 97.4 cm³/mol. The number of fused-ring (bicyclic) bond motifs is 1. The minimum atomic E-state index is -0.547. The topological polar surface area (TPSA) is 43.7 Å². The first kappa shape index (κ1) is 17.0. The molecule has 1 aliphatic carbocycles. The molecule has 2 fully saturated rings. The van der Waals surface area contributed by atoms with Gasteiger partial charge in [0.15, 0.2) is 11.6 Å². The van der Waals surface area contributed by atoms with Crippen LogP contribution in [0.5, 0.6) is 5.75 Å². The van der Waals surface area contributed by atoms with Crippen LogP contribution in [0, 0.1) is 17.7 Å². The molecule has 1 aliphatic heterocycles. The lowest BCUT2D eigenvalue weighted by Crippen LogP contribution is -2.32. The van der Waals surface area contributed by atoms with E-state index in [0.717, 1.165) is 50.9 Å². The predicted octanol–water partition coefficient (Wildman–Crippen LogP) is 3.45. The van der Waals surface area contributed by atoms with E-state index in [0.29, 0.717) is 11.8 Å². The first-order chi connectivity index (χ1) is 12.0. The van der Waals surface area contributed by atoms with Crippen molar-refractivity contribution in [2.75, 3.05) is 19.6 Å². The Morgan fingerprint density at radius 2 is 1.96 bits per heavy atom. The summed E-state index contributed by atoms with van der Waals surface area (Å²) in [5.41, 5.74) is 0.383. The summed E-state index contributed by atoms with van der Waals surface area (Å²) in [6.45, 7) is 2.95. The van der Waals surface area contributed by atoms with Gasteiger partial charge in [0.1, 0.15) is 0 Å². The molecular formula is C20H24FNO2S. The van der Waals surface area contributed by atoms with Crippen molar-refractivity contribution < 1.29 is 14.6 Å². The van der Waals surface area contributed by atoms with E-state index < -0.39 is 11.4 Å². The molecule has 2 unspecified atom stereocenters. The molecule has 0 spiro atoms. The second kappa shape index (κ2) is 6.71. The largest absolute Gasteiger partial charge is 0.505 e. The summed E-state index contributed by atoms with van der Waals surface area (Å²) in [4.78, 5) is 3.71. The number of aromatic hydroxyl groups is 1. The number of phenolic OH excluding ortho intramolecular Hbond substituents is 1. The van der Waals surface area contributed by atoms with Crippen molar-refractivity contribution in [1.29, 1.82) is 0 Å². The van der Waals surface area contributed by atoms with Crippen molar-refractivity contribution in [3.63, 3.8) is 0 Å². The molecule has 4 rings (SSSR count). The lowest BCUT2D eigenvalue weighted by Gasteiger charge is -2.25. The summed E-state index contributed by atoms with van der Waals surface area (Å²) in [6, 6.07) is 8.79. The van der Waals surface area contributed by atoms with Crippen LogP contribution in [0.15, 0.2) is 35.7 Å². The maximum absolute atomic E-state index is 13.4. The summed E-state index contributed by atoms with van der Waals surface area (Å²) in [5, 5.41) is 22.3. The summed E-state index contributed by atoms with van der Waals surface area (Å²) < 4.78 is 13.4. The Kier molecular flexibility index (Phi) is 4.56. The zero-order chi connectivity index (χ0) is 17.4. The number of hydrogen-bond acceptors (Lipinski definition) is 4. The van der Waals surface area contributed by atoms with Gasteiger partial charge in [-0.05, 0) is 60.2 Å². The summed E-state index contributed by atoms with van der Waals surface area (Å²) in [5.74, 6) is 0.307. The summed E-state index contributed by atoms with van der Waals surface area (Å²) in [6.07, 6.45) is 3.35. The van der Waals surface area contributed by atoms with E-state index in [1.807, 2.05) is 6.07 Å². The molecule has 2 aliphatic rings. The second-order valence-corrected chi connectivity index (χ2v) is 8.74. The van der Waals surface area contributed by atoms with Gasteiger partial charge >= 0.3 is 0 Å². The SMILES string of the molecule is Oc1ccc(CCN2CC3CC(O)(Cc4cccs4)CC3C2)cc1F. The molecule has 2 heterocycles. The van der Waals surface area contributed by atoms with E-state index in [4.69, 9.17) is 0 Å². The number of aliphatic hydroxyl groups is 1. The third-order valence-electron chi connectivity index (χ3n) is 5.75. The molecule has 3 nitrogen and oxygen atoms in total. The fourth-order valence-corrected chi connectivity index (χ4v) is 5.46. The Balaban J connectivity index is 1.29. The molecular weight excluding hydrogens is 337 g/mol. The quantitative estimate of drug-likeness (QED) is 0.857. The third kappa shape index (κ3) is 3.73. The van der Waals surface area contributed by atoms with Gasteiger partial charge in [-0.15, -0.1) is 11.3 Å². The average molecular weight is 361 g/mol. The van der Waals surface area contributed by atoms with E-state index in [9.17, 15) is 14.6 Å². The van der Waals surface area contributed by atoms with Gasteiger partial charge in [-0.3, -0.25) is 0 Å². The van der Waals surface area contributed by atoms with Crippen LogP contribution in [-0.2, 0) is 12.8 Å². The highest BCUT2D eigenvalue weighted by Gasteiger charge is 2.47. The highest BCUT2D eigenvalue weighted by molar-refractivity contribution is 7.09. The van der Waals surface area contributed by atoms with Crippen LogP contribution in [-0.4, -0.2) is 40.3 Å². The van der Waals surface area contributed by atoms with Crippen LogP contribution in [0.25, 0.3) is 0 Å². The van der Waals surface area contributed by atoms with Crippen LogP contribution in [0.4, 0.5) is 4.39 Å². The molecule has 1 saturated heterocycles. The normalized spacial score (nSPS) is 29.2. The fourth-order valence-electron chi connectivity index (χ4n) is 4.62. The minimum absolute atomic E-state index is 0.288. The second-order valence-electron chi connectivity index (χ2n) is 7.70. The van der Waals surface area contributed by atoms with Crippen molar-refractivity contribution >= 4 is 11.3 Å². The Morgan fingerprint density at radius 3 is 2.60 bits per heavy atom. The number of benzene rings is 1. The third-order valence-corrected chi connectivity index (χ3v) is 6.62. The minimum Gasteiger partial charge on any atom is -0.505 e. The first-order valence-electron chi connectivity index (χ1n) is 8.95. The van der Waals surface area contributed by atoms with Gasteiger partial charge < -0.3 is 15.1 Å². The molecule has 5 heteroatoms. The van der Waals surface area contributed by atoms with Gasteiger partial charge in [-0.1, -0.05) is 12.1 Å². The van der Waals surface area contributed by atoms with Gasteiger partial charge in [0, 0.05) is 30.9 Å². The van der Waals surface area contributed by atoms with E-state index in [1.54, 1.807) is 17.4 Å². The molecule has 0 bridgehead atoms. The molecule has 2 N–H and O–H groups in total. The number of thiophene rings is 1. The van der Waals surface area contributed by atoms with Gasteiger partial charge in [-0.2, -0.15) is 0 Å². The lowest BCUT2D eigenvalue weighted by molar-refractivity contribution is 0.0363. The maximum atomic E-state index is 13.4.